The van der Waals surface area contributed by atoms with Gasteiger partial charge in [-0.25, -0.2) is 15.2 Å². The van der Waals surface area contributed by atoms with Crippen molar-refractivity contribution in [3.05, 3.63) is 51.8 Å². The number of halogens is 1. The fraction of sp³-hybridized carbons (Fsp3) is 0. The SMILES string of the molecule is N#Cc1cc(Nc2nc(NN)ccc2[N+](=O)[O-])ccc1F. The van der Waals surface area contributed by atoms with Gasteiger partial charge in [0.2, 0.25) is 5.82 Å². The van der Waals surface area contributed by atoms with Crippen LogP contribution in [0.4, 0.5) is 27.4 Å². The summed E-state index contributed by atoms with van der Waals surface area (Å²) in [6.45, 7) is 0. The van der Waals surface area contributed by atoms with Crippen molar-refractivity contribution in [1.82, 2.24) is 4.98 Å². The second kappa shape index (κ2) is 5.81. The average Bonchev–Trinajstić information content (AvgIpc) is 2.48. The van der Waals surface area contributed by atoms with E-state index in [1.54, 1.807) is 6.07 Å². The molecule has 1 aromatic carbocycles. The third kappa shape index (κ3) is 3.02. The van der Waals surface area contributed by atoms with E-state index in [0.717, 1.165) is 6.07 Å². The van der Waals surface area contributed by atoms with Crippen LogP contribution in [0.5, 0.6) is 0 Å². The maximum Gasteiger partial charge on any atom is 0.311 e. The molecule has 2 aromatic rings. The van der Waals surface area contributed by atoms with Crippen LogP contribution in [0.15, 0.2) is 30.3 Å². The van der Waals surface area contributed by atoms with E-state index in [0.29, 0.717) is 0 Å². The lowest BCUT2D eigenvalue weighted by Crippen LogP contribution is -2.10. The fourth-order valence-corrected chi connectivity index (χ4v) is 1.60. The Hall–Kier alpha value is -3.25. The standard InChI is InChI=1S/C12H9FN6O2/c13-9-2-1-8(5-7(9)6-14)16-12-10(19(20)21)3-4-11(17-12)18-15/h1-5H,15H2,(H2,16,17,18). The first kappa shape index (κ1) is 14.2. The molecule has 2 rings (SSSR count). The molecule has 8 nitrogen and oxygen atoms in total. The van der Waals surface area contributed by atoms with Crippen molar-refractivity contribution in [1.29, 1.82) is 5.26 Å². The molecule has 1 aromatic heterocycles. The van der Waals surface area contributed by atoms with Crippen molar-refractivity contribution < 1.29 is 9.31 Å². The van der Waals surface area contributed by atoms with Gasteiger partial charge in [-0.3, -0.25) is 10.1 Å². The number of nitrogens with two attached hydrogens (primary N) is 1. The summed E-state index contributed by atoms with van der Waals surface area (Å²) in [5.74, 6) is 4.66. The number of aromatic nitrogens is 1. The normalized spacial score (nSPS) is 9.76. The molecule has 9 heteroatoms. The molecule has 0 aliphatic rings. The van der Waals surface area contributed by atoms with E-state index in [9.17, 15) is 14.5 Å². The zero-order valence-corrected chi connectivity index (χ0v) is 10.5. The smallest absolute Gasteiger partial charge is 0.311 e. The number of hydrogen-bond donors (Lipinski definition) is 3. The first-order valence-corrected chi connectivity index (χ1v) is 5.64. The Kier molecular flexibility index (Phi) is 3.92. The number of pyridine rings is 1. The van der Waals surface area contributed by atoms with E-state index >= 15 is 0 Å². The highest BCUT2D eigenvalue weighted by molar-refractivity contribution is 5.68. The van der Waals surface area contributed by atoms with Crippen LogP contribution in [-0.2, 0) is 0 Å². The van der Waals surface area contributed by atoms with Gasteiger partial charge < -0.3 is 10.7 Å². The van der Waals surface area contributed by atoms with Crippen molar-refractivity contribution in [2.24, 2.45) is 5.84 Å². The second-order valence-electron chi connectivity index (χ2n) is 3.90. The maximum atomic E-state index is 13.2. The van der Waals surface area contributed by atoms with E-state index in [1.807, 2.05) is 0 Å². The Morgan fingerprint density at radius 2 is 2.14 bits per heavy atom. The van der Waals surface area contributed by atoms with Gasteiger partial charge in [-0.15, -0.1) is 0 Å². The van der Waals surface area contributed by atoms with Gasteiger partial charge in [0, 0.05) is 11.8 Å². The van der Waals surface area contributed by atoms with Crippen LogP contribution in [0.3, 0.4) is 0 Å². The summed E-state index contributed by atoms with van der Waals surface area (Å²) >= 11 is 0. The van der Waals surface area contributed by atoms with Crippen LogP contribution in [0.25, 0.3) is 0 Å². The summed E-state index contributed by atoms with van der Waals surface area (Å²) in [4.78, 5) is 14.2. The van der Waals surface area contributed by atoms with Crippen LogP contribution in [0, 0.1) is 27.3 Å². The largest absolute Gasteiger partial charge is 0.334 e. The van der Waals surface area contributed by atoms with Crippen LogP contribution in [0.2, 0.25) is 0 Å². The van der Waals surface area contributed by atoms with E-state index < -0.39 is 10.7 Å². The lowest BCUT2D eigenvalue weighted by atomic mass is 10.2. The lowest BCUT2D eigenvalue weighted by molar-refractivity contribution is -0.384. The molecule has 0 radical (unpaired) electrons. The average molecular weight is 288 g/mol. The number of nitriles is 1. The summed E-state index contributed by atoms with van der Waals surface area (Å²) in [7, 11) is 0. The predicted molar refractivity (Wildman–Crippen MR) is 73.1 cm³/mol. The summed E-state index contributed by atoms with van der Waals surface area (Å²) in [5.41, 5.74) is 2.09. The Bertz CT molecular complexity index is 743. The van der Waals surface area contributed by atoms with Gasteiger partial charge in [0.1, 0.15) is 17.7 Å². The van der Waals surface area contributed by atoms with Gasteiger partial charge in [-0.1, -0.05) is 0 Å². The Morgan fingerprint density at radius 1 is 1.38 bits per heavy atom. The summed E-state index contributed by atoms with van der Waals surface area (Å²) < 4.78 is 13.2. The number of nitrogens with one attached hydrogen (secondary N) is 2. The van der Waals surface area contributed by atoms with Crippen molar-refractivity contribution >= 4 is 23.0 Å². The summed E-state index contributed by atoms with van der Waals surface area (Å²) in [6.07, 6.45) is 0. The molecule has 4 N–H and O–H groups in total. The number of nitro groups is 1. The third-order valence-corrected chi connectivity index (χ3v) is 2.57. The molecule has 1 heterocycles. The first-order chi connectivity index (χ1) is 10.0. The molecule has 0 aliphatic heterocycles. The molecule has 0 fully saturated rings. The molecule has 0 spiro atoms. The second-order valence-corrected chi connectivity index (χ2v) is 3.90. The van der Waals surface area contributed by atoms with Crippen molar-refractivity contribution in [2.45, 2.75) is 0 Å². The molecule has 0 saturated heterocycles. The minimum atomic E-state index is -0.678. The van der Waals surface area contributed by atoms with E-state index in [4.69, 9.17) is 11.1 Å². The molecule has 0 bridgehead atoms. The van der Waals surface area contributed by atoms with Gasteiger partial charge in [-0.05, 0) is 24.3 Å². The summed E-state index contributed by atoms with van der Waals surface area (Å²) in [5, 5.41) is 22.4. The number of hydrazine groups is 1. The fourth-order valence-electron chi connectivity index (χ4n) is 1.60. The predicted octanol–water partition coefficient (Wildman–Crippen LogP) is 2.03. The van der Waals surface area contributed by atoms with Gasteiger partial charge in [0.25, 0.3) is 0 Å². The number of rotatable bonds is 4. The maximum absolute atomic E-state index is 13.2. The van der Waals surface area contributed by atoms with Crippen LogP contribution >= 0.6 is 0 Å². The highest BCUT2D eigenvalue weighted by atomic mass is 19.1. The molecular formula is C12H9FN6O2. The number of hydrogen-bond acceptors (Lipinski definition) is 7. The van der Waals surface area contributed by atoms with Crippen LogP contribution < -0.4 is 16.6 Å². The lowest BCUT2D eigenvalue weighted by Gasteiger charge is -2.08. The van der Waals surface area contributed by atoms with E-state index in [-0.39, 0.29) is 28.6 Å². The highest BCUT2D eigenvalue weighted by Gasteiger charge is 2.16. The molecular weight excluding hydrogens is 279 g/mol. The first-order valence-electron chi connectivity index (χ1n) is 5.64. The Balaban J connectivity index is 2.43. The van der Waals surface area contributed by atoms with Gasteiger partial charge in [-0.2, -0.15) is 5.26 Å². The van der Waals surface area contributed by atoms with Crippen molar-refractivity contribution in [2.75, 3.05) is 10.7 Å². The minimum absolute atomic E-state index is 0.0778. The highest BCUT2D eigenvalue weighted by Crippen LogP contribution is 2.27. The van der Waals surface area contributed by atoms with Gasteiger partial charge in [0.15, 0.2) is 0 Å². The van der Waals surface area contributed by atoms with Crippen molar-refractivity contribution in [3.8, 4) is 6.07 Å². The van der Waals surface area contributed by atoms with Crippen LogP contribution in [-0.4, -0.2) is 9.91 Å². The molecule has 0 atom stereocenters. The molecule has 0 unspecified atom stereocenters. The van der Waals surface area contributed by atoms with Crippen molar-refractivity contribution in [3.63, 3.8) is 0 Å². The topological polar surface area (TPSA) is 130 Å². The molecule has 21 heavy (non-hydrogen) atoms. The zero-order valence-electron chi connectivity index (χ0n) is 10.5. The summed E-state index contributed by atoms with van der Waals surface area (Å²) in [6, 6.07) is 7.89. The zero-order chi connectivity index (χ0) is 15.4. The third-order valence-electron chi connectivity index (χ3n) is 2.57. The Labute approximate surface area is 118 Å². The van der Waals surface area contributed by atoms with Gasteiger partial charge >= 0.3 is 5.69 Å². The molecule has 106 valence electrons. The molecule has 0 saturated carbocycles. The molecule has 0 amide bonds. The molecule has 0 aliphatic carbocycles. The monoisotopic (exact) mass is 288 g/mol. The number of anilines is 3. The number of benzene rings is 1. The van der Waals surface area contributed by atoms with E-state index in [1.165, 1.54) is 24.3 Å². The van der Waals surface area contributed by atoms with E-state index in [2.05, 4.69) is 15.7 Å². The van der Waals surface area contributed by atoms with Gasteiger partial charge in [0.05, 0.1) is 10.5 Å². The quantitative estimate of drug-likeness (QED) is 0.445. The number of nitrogens with zero attached hydrogens (tertiary/aromatic N) is 3. The minimum Gasteiger partial charge on any atom is -0.334 e. The Morgan fingerprint density at radius 3 is 2.76 bits per heavy atom. The number of nitrogen functional groups attached to an aromatic ring is 1. The van der Waals surface area contributed by atoms with Crippen LogP contribution in [0.1, 0.15) is 5.56 Å².